The number of halogens is 4. The van der Waals surface area contributed by atoms with Crippen molar-refractivity contribution in [2.75, 3.05) is 11.9 Å². The summed E-state index contributed by atoms with van der Waals surface area (Å²) in [5.41, 5.74) is 0.943. The molecule has 0 spiro atoms. The Labute approximate surface area is 129 Å². The van der Waals surface area contributed by atoms with Crippen molar-refractivity contribution in [3.8, 4) is 0 Å². The SMILES string of the molecule is CN(Cc1ccccn1)c1ccc(CBr)c(C(F)(F)F)c1. The van der Waals surface area contributed by atoms with Crippen LogP contribution in [0.5, 0.6) is 0 Å². The highest BCUT2D eigenvalue weighted by Gasteiger charge is 2.33. The fraction of sp³-hybridized carbons (Fsp3) is 0.267. The Hall–Kier alpha value is -1.56. The zero-order chi connectivity index (χ0) is 15.5. The van der Waals surface area contributed by atoms with Crippen molar-refractivity contribution in [1.82, 2.24) is 4.98 Å². The normalized spacial score (nSPS) is 11.5. The zero-order valence-electron chi connectivity index (χ0n) is 11.4. The molecule has 0 amide bonds. The van der Waals surface area contributed by atoms with Gasteiger partial charge in [-0.25, -0.2) is 0 Å². The molecule has 0 atom stereocenters. The second kappa shape index (κ2) is 6.47. The molecule has 21 heavy (non-hydrogen) atoms. The van der Waals surface area contributed by atoms with Gasteiger partial charge in [0.25, 0.3) is 0 Å². The van der Waals surface area contributed by atoms with Gasteiger partial charge in [-0.05, 0) is 29.8 Å². The molecule has 0 unspecified atom stereocenters. The van der Waals surface area contributed by atoms with Crippen molar-refractivity contribution in [2.45, 2.75) is 18.1 Å². The summed E-state index contributed by atoms with van der Waals surface area (Å²) in [4.78, 5) is 5.92. The van der Waals surface area contributed by atoms with E-state index in [-0.39, 0.29) is 10.9 Å². The quantitative estimate of drug-likeness (QED) is 0.740. The van der Waals surface area contributed by atoms with E-state index in [1.165, 1.54) is 12.1 Å². The average molecular weight is 359 g/mol. The Morgan fingerprint density at radius 1 is 1.19 bits per heavy atom. The minimum atomic E-state index is -4.36. The molecule has 2 rings (SSSR count). The highest BCUT2D eigenvalue weighted by Crippen LogP contribution is 2.35. The molecular formula is C15H14BrF3N2. The molecule has 0 saturated heterocycles. The van der Waals surface area contributed by atoms with Gasteiger partial charge in [0, 0.05) is 24.3 Å². The standard InChI is InChI=1S/C15H14BrF3N2/c1-21(10-12-4-2-3-7-20-12)13-6-5-11(9-16)14(8-13)15(17,18)19/h2-8H,9-10H2,1H3. The first-order chi connectivity index (χ1) is 9.91. The molecule has 0 aliphatic carbocycles. The van der Waals surface area contributed by atoms with Gasteiger partial charge in [0.1, 0.15) is 0 Å². The van der Waals surface area contributed by atoms with Gasteiger partial charge in [0.05, 0.1) is 17.8 Å². The van der Waals surface area contributed by atoms with E-state index in [2.05, 4.69) is 20.9 Å². The van der Waals surface area contributed by atoms with Crippen LogP contribution in [0.2, 0.25) is 0 Å². The first-order valence-electron chi connectivity index (χ1n) is 6.29. The maximum atomic E-state index is 13.1. The lowest BCUT2D eigenvalue weighted by Gasteiger charge is -2.21. The zero-order valence-corrected chi connectivity index (χ0v) is 12.9. The van der Waals surface area contributed by atoms with Gasteiger partial charge in [-0.2, -0.15) is 13.2 Å². The van der Waals surface area contributed by atoms with Gasteiger partial charge in [-0.1, -0.05) is 28.1 Å². The Balaban J connectivity index is 2.28. The maximum absolute atomic E-state index is 13.1. The van der Waals surface area contributed by atoms with Crippen LogP contribution in [0.4, 0.5) is 18.9 Å². The summed E-state index contributed by atoms with van der Waals surface area (Å²) in [5, 5.41) is 0.173. The number of hydrogen-bond donors (Lipinski definition) is 0. The minimum absolute atomic E-state index is 0.173. The number of anilines is 1. The summed E-state index contributed by atoms with van der Waals surface area (Å²) in [6, 6.07) is 9.87. The lowest BCUT2D eigenvalue weighted by Crippen LogP contribution is -2.18. The van der Waals surface area contributed by atoms with Crippen molar-refractivity contribution in [1.29, 1.82) is 0 Å². The summed E-state index contributed by atoms with van der Waals surface area (Å²) in [6.45, 7) is 0.450. The third-order valence-electron chi connectivity index (χ3n) is 3.11. The van der Waals surface area contributed by atoms with Crippen LogP contribution in [0.1, 0.15) is 16.8 Å². The number of nitrogens with zero attached hydrogens (tertiary/aromatic N) is 2. The smallest absolute Gasteiger partial charge is 0.369 e. The van der Waals surface area contributed by atoms with E-state index in [0.717, 1.165) is 5.69 Å². The molecule has 1 heterocycles. The number of hydrogen-bond acceptors (Lipinski definition) is 2. The molecule has 0 aliphatic heterocycles. The van der Waals surface area contributed by atoms with Crippen LogP contribution in [0, 0.1) is 0 Å². The number of aromatic nitrogens is 1. The van der Waals surface area contributed by atoms with Gasteiger partial charge in [-0.3, -0.25) is 4.98 Å². The molecule has 1 aromatic heterocycles. The van der Waals surface area contributed by atoms with Gasteiger partial charge in [-0.15, -0.1) is 0 Å². The van der Waals surface area contributed by atoms with Gasteiger partial charge in [0.2, 0.25) is 0 Å². The predicted octanol–water partition coefficient (Wildman–Crippen LogP) is 4.63. The number of benzene rings is 1. The van der Waals surface area contributed by atoms with Gasteiger partial charge in [0.15, 0.2) is 0 Å². The molecule has 0 N–H and O–H groups in total. The van der Waals surface area contributed by atoms with E-state index in [4.69, 9.17) is 0 Å². The topological polar surface area (TPSA) is 16.1 Å². The third kappa shape index (κ3) is 3.97. The molecule has 2 aromatic rings. The largest absolute Gasteiger partial charge is 0.416 e. The van der Waals surface area contributed by atoms with Crippen molar-refractivity contribution >= 4 is 21.6 Å². The van der Waals surface area contributed by atoms with Gasteiger partial charge < -0.3 is 4.90 Å². The van der Waals surface area contributed by atoms with E-state index in [0.29, 0.717) is 12.2 Å². The maximum Gasteiger partial charge on any atom is 0.416 e. The molecule has 6 heteroatoms. The molecule has 0 radical (unpaired) electrons. The molecule has 0 aliphatic rings. The number of pyridine rings is 1. The van der Waals surface area contributed by atoms with Crippen LogP contribution in [-0.4, -0.2) is 12.0 Å². The lowest BCUT2D eigenvalue weighted by atomic mass is 10.1. The van der Waals surface area contributed by atoms with Crippen LogP contribution in [0.15, 0.2) is 42.6 Å². The van der Waals surface area contributed by atoms with Crippen LogP contribution >= 0.6 is 15.9 Å². The molecule has 0 fully saturated rings. The van der Waals surface area contributed by atoms with E-state index >= 15 is 0 Å². The highest BCUT2D eigenvalue weighted by molar-refractivity contribution is 9.08. The van der Waals surface area contributed by atoms with Crippen LogP contribution < -0.4 is 4.90 Å². The second-order valence-electron chi connectivity index (χ2n) is 4.65. The molecule has 1 aromatic carbocycles. The summed E-state index contributed by atoms with van der Waals surface area (Å²) < 4.78 is 39.2. The molecule has 2 nitrogen and oxygen atoms in total. The van der Waals surface area contributed by atoms with Crippen LogP contribution in [0.25, 0.3) is 0 Å². The van der Waals surface area contributed by atoms with E-state index in [1.807, 2.05) is 12.1 Å². The predicted molar refractivity (Wildman–Crippen MR) is 80.4 cm³/mol. The minimum Gasteiger partial charge on any atom is -0.369 e. The Morgan fingerprint density at radius 2 is 1.95 bits per heavy atom. The Morgan fingerprint density at radius 3 is 2.52 bits per heavy atom. The monoisotopic (exact) mass is 358 g/mol. The van der Waals surface area contributed by atoms with Crippen LogP contribution in [-0.2, 0) is 18.1 Å². The van der Waals surface area contributed by atoms with Crippen molar-refractivity contribution < 1.29 is 13.2 Å². The molecule has 0 saturated carbocycles. The van der Waals surface area contributed by atoms with Crippen molar-refractivity contribution in [2.24, 2.45) is 0 Å². The summed E-state index contributed by atoms with van der Waals surface area (Å²) in [5.74, 6) is 0. The second-order valence-corrected chi connectivity index (χ2v) is 5.21. The fourth-order valence-electron chi connectivity index (χ4n) is 2.01. The van der Waals surface area contributed by atoms with E-state index in [9.17, 15) is 13.2 Å². The summed E-state index contributed by atoms with van der Waals surface area (Å²) in [7, 11) is 1.75. The first-order valence-corrected chi connectivity index (χ1v) is 7.41. The molecule has 112 valence electrons. The third-order valence-corrected chi connectivity index (χ3v) is 3.71. The Bertz CT molecular complexity index is 600. The average Bonchev–Trinajstić information content (AvgIpc) is 2.46. The molecule has 0 bridgehead atoms. The van der Waals surface area contributed by atoms with Crippen molar-refractivity contribution in [3.63, 3.8) is 0 Å². The number of rotatable bonds is 4. The highest BCUT2D eigenvalue weighted by atomic mass is 79.9. The number of alkyl halides is 4. The Kier molecular flexibility index (Phi) is 4.88. The van der Waals surface area contributed by atoms with Gasteiger partial charge >= 0.3 is 6.18 Å². The molecular weight excluding hydrogens is 345 g/mol. The summed E-state index contributed by atoms with van der Waals surface area (Å²) in [6.07, 6.45) is -2.69. The van der Waals surface area contributed by atoms with Crippen molar-refractivity contribution in [3.05, 3.63) is 59.4 Å². The summed E-state index contributed by atoms with van der Waals surface area (Å²) >= 11 is 3.09. The first kappa shape index (κ1) is 15.8. The van der Waals surface area contributed by atoms with Crippen LogP contribution in [0.3, 0.4) is 0 Å². The lowest BCUT2D eigenvalue weighted by molar-refractivity contribution is -0.138. The van der Waals surface area contributed by atoms with E-state index in [1.54, 1.807) is 30.3 Å². The fourth-order valence-corrected chi connectivity index (χ4v) is 2.50. The van der Waals surface area contributed by atoms with E-state index < -0.39 is 11.7 Å².